The predicted octanol–water partition coefficient (Wildman–Crippen LogP) is 2.30. The van der Waals surface area contributed by atoms with Crippen LogP contribution in [0.25, 0.3) is 0 Å². The Kier molecular flexibility index (Phi) is 4.73. The fraction of sp³-hybridized carbons (Fsp3) is 0.450. The smallest absolute Gasteiger partial charge is 0.332 e. The minimum absolute atomic E-state index is 0.0341. The maximum absolute atomic E-state index is 12.5. The van der Waals surface area contributed by atoms with Gasteiger partial charge in [-0.2, -0.15) is 5.26 Å². The van der Waals surface area contributed by atoms with E-state index in [4.69, 9.17) is 0 Å². The zero-order valence-electron chi connectivity index (χ0n) is 15.7. The monoisotopic (exact) mass is 352 g/mol. The summed E-state index contributed by atoms with van der Waals surface area (Å²) in [6.45, 7) is 4.90. The number of hydrogen-bond acceptors (Lipinski definition) is 4. The van der Waals surface area contributed by atoms with Gasteiger partial charge in [-0.05, 0) is 49.8 Å². The van der Waals surface area contributed by atoms with E-state index in [-0.39, 0.29) is 11.6 Å². The zero-order chi connectivity index (χ0) is 19.0. The van der Waals surface area contributed by atoms with E-state index in [2.05, 4.69) is 30.9 Å². The van der Waals surface area contributed by atoms with Crippen LogP contribution in [-0.4, -0.2) is 15.7 Å². The summed E-state index contributed by atoms with van der Waals surface area (Å²) >= 11 is 0. The molecule has 6 nitrogen and oxygen atoms in total. The molecule has 1 atom stereocenters. The third-order valence-corrected chi connectivity index (χ3v) is 5.53. The second-order valence-corrected chi connectivity index (χ2v) is 7.01. The lowest BCUT2D eigenvalue weighted by Crippen LogP contribution is -2.45. The molecule has 1 aliphatic heterocycles. The molecule has 0 saturated carbocycles. The summed E-state index contributed by atoms with van der Waals surface area (Å²) in [5.74, 6) is 0.436. The van der Waals surface area contributed by atoms with Crippen LogP contribution in [0.15, 0.2) is 27.8 Å². The Hall–Kier alpha value is -2.81. The molecule has 1 saturated heterocycles. The van der Waals surface area contributed by atoms with Crippen molar-refractivity contribution < 1.29 is 0 Å². The first-order valence-electron chi connectivity index (χ1n) is 8.91. The van der Waals surface area contributed by atoms with Crippen molar-refractivity contribution in [3.8, 4) is 6.07 Å². The van der Waals surface area contributed by atoms with Crippen LogP contribution in [0.1, 0.15) is 47.6 Å². The van der Waals surface area contributed by atoms with Crippen LogP contribution in [0.3, 0.4) is 0 Å². The van der Waals surface area contributed by atoms with Crippen LogP contribution < -0.4 is 16.1 Å². The largest absolute Gasteiger partial charge is 0.350 e. The number of aryl methyl sites for hydroxylation is 1. The number of benzene rings is 1. The van der Waals surface area contributed by atoms with Gasteiger partial charge in [0, 0.05) is 20.6 Å². The normalized spacial score (nSPS) is 17.2. The molecule has 1 aromatic heterocycles. The van der Waals surface area contributed by atoms with Gasteiger partial charge in [0.15, 0.2) is 5.56 Å². The first kappa shape index (κ1) is 18.0. The first-order chi connectivity index (χ1) is 12.4. The van der Waals surface area contributed by atoms with Gasteiger partial charge >= 0.3 is 5.69 Å². The van der Waals surface area contributed by atoms with Crippen LogP contribution in [0, 0.1) is 25.2 Å². The summed E-state index contributed by atoms with van der Waals surface area (Å²) in [7, 11) is 3.04. The molecule has 0 amide bonds. The van der Waals surface area contributed by atoms with E-state index in [1.165, 1.54) is 28.3 Å². The Balaban J connectivity index is 2.25. The van der Waals surface area contributed by atoms with Gasteiger partial charge in [0.1, 0.15) is 11.9 Å². The van der Waals surface area contributed by atoms with Crippen molar-refractivity contribution in [1.29, 1.82) is 5.26 Å². The highest BCUT2D eigenvalue weighted by Gasteiger charge is 2.30. The molecule has 3 rings (SSSR count). The van der Waals surface area contributed by atoms with Crippen molar-refractivity contribution in [1.82, 2.24) is 9.13 Å². The number of hydrogen-bond donors (Lipinski definition) is 0. The van der Waals surface area contributed by atoms with E-state index in [1.54, 1.807) is 7.05 Å². The Bertz CT molecular complexity index is 1010. The number of aromatic nitrogens is 2. The lowest BCUT2D eigenvalue weighted by molar-refractivity contribution is 0.458. The van der Waals surface area contributed by atoms with Crippen LogP contribution in [0.4, 0.5) is 5.82 Å². The number of anilines is 1. The number of nitrogens with zero attached hydrogens (tertiary/aromatic N) is 4. The second-order valence-electron chi connectivity index (χ2n) is 7.01. The van der Waals surface area contributed by atoms with Gasteiger partial charge in [-0.25, -0.2) is 4.79 Å². The lowest BCUT2D eigenvalue weighted by atomic mass is 9.90. The topological polar surface area (TPSA) is 71.0 Å². The first-order valence-corrected chi connectivity index (χ1v) is 8.91. The van der Waals surface area contributed by atoms with Crippen LogP contribution in [0.5, 0.6) is 0 Å². The van der Waals surface area contributed by atoms with E-state index in [9.17, 15) is 14.9 Å². The van der Waals surface area contributed by atoms with Gasteiger partial charge in [-0.1, -0.05) is 18.2 Å². The van der Waals surface area contributed by atoms with Crippen LogP contribution >= 0.6 is 0 Å². The molecular weight excluding hydrogens is 328 g/mol. The third kappa shape index (κ3) is 2.74. The summed E-state index contributed by atoms with van der Waals surface area (Å²) in [5.41, 5.74) is 2.72. The van der Waals surface area contributed by atoms with E-state index in [0.717, 1.165) is 23.8 Å². The molecule has 0 bridgehead atoms. The van der Waals surface area contributed by atoms with Crippen molar-refractivity contribution >= 4 is 5.82 Å². The van der Waals surface area contributed by atoms with Crippen molar-refractivity contribution in [3.05, 3.63) is 61.3 Å². The minimum atomic E-state index is -0.532. The molecule has 6 heteroatoms. The highest BCUT2D eigenvalue weighted by Crippen LogP contribution is 2.37. The maximum Gasteiger partial charge on any atom is 0.332 e. The SMILES string of the molecule is Cc1cccc([C@@H]2CCCCN2c2c(C#N)c(=O)n(C)c(=O)n2C)c1C. The molecule has 136 valence electrons. The fourth-order valence-corrected chi connectivity index (χ4v) is 3.91. The molecular formula is C20H24N4O2. The molecule has 1 aliphatic rings. The molecule has 1 aromatic carbocycles. The van der Waals surface area contributed by atoms with Gasteiger partial charge in [0.2, 0.25) is 0 Å². The summed E-state index contributed by atoms with van der Waals surface area (Å²) in [5, 5.41) is 9.62. The Morgan fingerprint density at radius 2 is 1.85 bits per heavy atom. The number of nitriles is 1. The standard InChI is InChI=1S/C20H24N4O2/c1-13-8-7-9-15(14(13)2)17-10-5-6-11-24(17)18-16(12-21)19(25)23(4)20(26)22(18)3/h7-9,17H,5-6,10-11H2,1-4H3/t17-/m0/s1. The lowest BCUT2D eigenvalue weighted by Gasteiger charge is -2.39. The maximum atomic E-state index is 12.5. The summed E-state index contributed by atoms with van der Waals surface area (Å²) in [6.07, 6.45) is 2.98. The summed E-state index contributed by atoms with van der Waals surface area (Å²) < 4.78 is 2.43. The average Bonchev–Trinajstić information content (AvgIpc) is 2.65. The van der Waals surface area contributed by atoms with Crippen molar-refractivity contribution in [3.63, 3.8) is 0 Å². The molecule has 2 heterocycles. The molecule has 0 unspecified atom stereocenters. The molecule has 26 heavy (non-hydrogen) atoms. The van der Waals surface area contributed by atoms with E-state index < -0.39 is 11.2 Å². The van der Waals surface area contributed by atoms with Gasteiger partial charge in [-0.15, -0.1) is 0 Å². The fourth-order valence-electron chi connectivity index (χ4n) is 3.91. The second kappa shape index (κ2) is 6.83. The van der Waals surface area contributed by atoms with E-state index >= 15 is 0 Å². The van der Waals surface area contributed by atoms with Gasteiger partial charge in [-0.3, -0.25) is 13.9 Å². The number of piperidine rings is 1. The van der Waals surface area contributed by atoms with E-state index in [1.807, 2.05) is 12.1 Å². The van der Waals surface area contributed by atoms with Crippen molar-refractivity contribution in [2.24, 2.45) is 14.1 Å². The molecule has 0 spiro atoms. The molecule has 0 aliphatic carbocycles. The third-order valence-electron chi connectivity index (χ3n) is 5.53. The van der Waals surface area contributed by atoms with Crippen LogP contribution in [0.2, 0.25) is 0 Å². The predicted molar refractivity (Wildman–Crippen MR) is 101 cm³/mol. The van der Waals surface area contributed by atoms with Gasteiger partial charge in [0.25, 0.3) is 5.56 Å². The quantitative estimate of drug-likeness (QED) is 0.831. The minimum Gasteiger partial charge on any atom is -0.350 e. The van der Waals surface area contributed by atoms with Crippen molar-refractivity contribution in [2.45, 2.75) is 39.2 Å². The van der Waals surface area contributed by atoms with Crippen molar-refractivity contribution in [2.75, 3.05) is 11.4 Å². The number of rotatable bonds is 2. The van der Waals surface area contributed by atoms with Gasteiger partial charge < -0.3 is 4.90 Å². The highest BCUT2D eigenvalue weighted by atomic mass is 16.2. The Morgan fingerprint density at radius 1 is 1.12 bits per heavy atom. The Labute approximate surface area is 152 Å². The molecule has 0 radical (unpaired) electrons. The highest BCUT2D eigenvalue weighted by molar-refractivity contribution is 5.56. The summed E-state index contributed by atoms with van der Waals surface area (Å²) in [6, 6.07) is 8.31. The van der Waals surface area contributed by atoms with Gasteiger partial charge in [0.05, 0.1) is 6.04 Å². The Morgan fingerprint density at radius 3 is 2.54 bits per heavy atom. The van der Waals surface area contributed by atoms with E-state index in [0.29, 0.717) is 12.4 Å². The average molecular weight is 352 g/mol. The van der Waals surface area contributed by atoms with Crippen LogP contribution in [-0.2, 0) is 14.1 Å². The molecule has 0 N–H and O–H groups in total. The zero-order valence-corrected chi connectivity index (χ0v) is 15.7. The molecule has 1 fully saturated rings. The molecule has 2 aromatic rings. The summed E-state index contributed by atoms with van der Waals surface area (Å²) in [4.78, 5) is 27.1.